The molecule has 1 heterocycles. The van der Waals surface area contributed by atoms with Crippen molar-refractivity contribution in [2.75, 3.05) is 25.0 Å². The quantitative estimate of drug-likeness (QED) is 0.641. The first-order valence-corrected chi connectivity index (χ1v) is 6.93. The number of benzene rings is 2. The van der Waals surface area contributed by atoms with E-state index in [0.29, 0.717) is 0 Å². The van der Waals surface area contributed by atoms with Crippen LogP contribution in [0.5, 0.6) is 0 Å². The molecule has 1 saturated heterocycles. The second-order valence-corrected chi connectivity index (χ2v) is 5.23. The van der Waals surface area contributed by atoms with Gasteiger partial charge in [0.2, 0.25) is 0 Å². The molecule has 0 aliphatic carbocycles. The van der Waals surface area contributed by atoms with E-state index in [1.807, 2.05) is 30.3 Å². The Balaban J connectivity index is 1.92. The lowest BCUT2D eigenvalue weighted by Crippen LogP contribution is -2.28. The van der Waals surface area contributed by atoms with E-state index in [9.17, 15) is 10.1 Å². The molecule has 1 fully saturated rings. The van der Waals surface area contributed by atoms with Crippen LogP contribution in [0.1, 0.15) is 11.7 Å². The highest BCUT2D eigenvalue weighted by Gasteiger charge is 2.30. The highest BCUT2D eigenvalue weighted by Crippen LogP contribution is 2.33. The molecular formula is C16H17N3O2. The summed E-state index contributed by atoms with van der Waals surface area (Å²) in [5.41, 5.74) is 2.38. The fourth-order valence-electron chi connectivity index (χ4n) is 2.84. The molecule has 0 bridgehead atoms. The first-order chi connectivity index (χ1) is 10.2. The lowest BCUT2D eigenvalue weighted by atomic mass is 10.1. The number of likely N-dealkylation sites (N-methyl/N-ethyl adjacent to an activating group) is 1. The number of nitro groups is 1. The van der Waals surface area contributed by atoms with Crippen LogP contribution in [0, 0.1) is 10.1 Å². The minimum Gasteiger partial charge on any atom is -0.350 e. The van der Waals surface area contributed by atoms with Gasteiger partial charge in [0.15, 0.2) is 0 Å². The Bertz CT molecular complexity index is 628. The Hall–Kier alpha value is -2.40. The SMILES string of the molecule is CN1CCN(c2ccccc2)C1c1ccc([N+](=O)[O-])cc1. The lowest BCUT2D eigenvalue weighted by Gasteiger charge is -2.30. The fourth-order valence-corrected chi connectivity index (χ4v) is 2.84. The Kier molecular flexibility index (Phi) is 3.58. The first kappa shape index (κ1) is 13.6. The molecule has 21 heavy (non-hydrogen) atoms. The van der Waals surface area contributed by atoms with E-state index in [4.69, 9.17) is 0 Å². The zero-order valence-electron chi connectivity index (χ0n) is 11.8. The summed E-state index contributed by atoms with van der Waals surface area (Å²) in [6, 6.07) is 17.1. The summed E-state index contributed by atoms with van der Waals surface area (Å²) in [5, 5.41) is 10.8. The Labute approximate surface area is 123 Å². The zero-order chi connectivity index (χ0) is 14.8. The Morgan fingerprint density at radius 1 is 1.05 bits per heavy atom. The molecule has 1 unspecified atom stereocenters. The second-order valence-electron chi connectivity index (χ2n) is 5.23. The van der Waals surface area contributed by atoms with Gasteiger partial charge in [-0.3, -0.25) is 15.0 Å². The third-order valence-corrected chi connectivity index (χ3v) is 3.90. The predicted octanol–water partition coefficient (Wildman–Crippen LogP) is 3.05. The van der Waals surface area contributed by atoms with Crippen LogP contribution in [0.25, 0.3) is 0 Å². The van der Waals surface area contributed by atoms with E-state index in [2.05, 4.69) is 29.0 Å². The van der Waals surface area contributed by atoms with Crippen molar-refractivity contribution in [2.45, 2.75) is 6.17 Å². The maximum absolute atomic E-state index is 10.8. The van der Waals surface area contributed by atoms with Crippen molar-refractivity contribution in [3.63, 3.8) is 0 Å². The highest BCUT2D eigenvalue weighted by atomic mass is 16.6. The number of non-ortho nitro benzene ring substituents is 1. The predicted molar refractivity (Wildman–Crippen MR) is 82.3 cm³/mol. The summed E-state index contributed by atoms with van der Waals surface area (Å²) in [6.45, 7) is 1.92. The molecule has 2 aromatic carbocycles. The fraction of sp³-hybridized carbons (Fsp3) is 0.250. The Morgan fingerprint density at radius 2 is 1.71 bits per heavy atom. The summed E-state index contributed by atoms with van der Waals surface area (Å²) in [6.07, 6.45) is 0.119. The third kappa shape index (κ3) is 2.60. The lowest BCUT2D eigenvalue weighted by molar-refractivity contribution is -0.384. The molecule has 1 aliphatic rings. The van der Waals surface area contributed by atoms with Crippen LogP contribution >= 0.6 is 0 Å². The summed E-state index contributed by atoms with van der Waals surface area (Å²) in [7, 11) is 2.08. The minimum absolute atomic E-state index is 0.119. The molecule has 0 aromatic heterocycles. The maximum atomic E-state index is 10.8. The molecule has 108 valence electrons. The molecule has 5 heteroatoms. The number of hydrogen-bond donors (Lipinski definition) is 0. The van der Waals surface area contributed by atoms with E-state index >= 15 is 0 Å². The zero-order valence-corrected chi connectivity index (χ0v) is 11.8. The van der Waals surface area contributed by atoms with Crippen molar-refractivity contribution in [3.8, 4) is 0 Å². The van der Waals surface area contributed by atoms with E-state index in [-0.39, 0.29) is 16.8 Å². The molecule has 0 N–H and O–H groups in total. The van der Waals surface area contributed by atoms with Crippen LogP contribution in [-0.2, 0) is 0 Å². The smallest absolute Gasteiger partial charge is 0.269 e. The Morgan fingerprint density at radius 3 is 2.33 bits per heavy atom. The molecule has 0 spiro atoms. The van der Waals surface area contributed by atoms with Crippen molar-refractivity contribution in [1.82, 2.24) is 4.90 Å². The van der Waals surface area contributed by atoms with E-state index < -0.39 is 0 Å². The van der Waals surface area contributed by atoms with Gasteiger partial charge in [0, 0.05) is 30.9 Å². The number of nitrogens with zero attached hydrogens (tertiary/aromatic N) is 3. The van der Waals surface area contributed by atoms with E-state index in [0.717, 1.165) is 18.7 Å². The summed E-state index contributed by atoms with van der Waals surface area (Å²) in [4.78, 5) is 15.0. The largest absolute Gasteiger partial charge is 0.350 e. The molecule has 0 radical (unpaired) electrons. The third-order valence-electron chi connectivity index (χ3n) is 3.90. The summed E-state index contributed by atoms with van der Waals surface area (Å²) < 4.78 is 0. The monoisotopic (exact) mass is 283 g/mol. The molecule has 3 rings (SSSR count). The second kappa shape index (κ2) is 5.54. The number of anilines is 1. The number of para-hydroxylation sites is 1. The molecule has 1 aliphatic heterocycles. The summed E-state index contributed by atoms with van der Waals surface area (Å²) in [5.74, 6) is 0. The first-order valence-electron chi connectivity index (χ1n) is 6.93. The van der Waals surface area contributed by atoms with Gasteiger partial charge >= 0.3 is 0 Å². The van der Waals surface area contributed by atoms with Crippen molar-refractivity contribution in [1.29, 1.82) is 0 Å². The van der Waals surface area contributed by atoms with Gasteiger partial charge in [-0.1, -0.05) is 18.2 Å². The molecule has 0 saturated carbocycles. The molecular weight excluding hydrogens is 266 g/mol. The van der Waals surface area contributed by atoms with Crippen LogP contribution < -0.4 is 4.90 Å². The van der Waals surface area contributed by atoms with Gasteiger partial charge in [-0.2, -0.15) is 0 Å². The number of hydrogen-bond acceptors (Lipinski definition) is 4. The van der Waals surface area contributed by atoms with E-state index in [1.54, 1.807) is 12.1 Å². The topological polar surface area (TPSA) is 49.6 Å². The van der Waals surface area contributed by atoms with Gasteiger partial charge < -0.3 is 4.90 Å². The van der Waals surface area contributed by atoms with Gasteiger partial charge in [0.1, 0.15) is 6.17 Å². The van der Waals surface area contributed by atoms with Gasteiger partial charge in [0.05, 0.1) is 4.92 Å². The van der Waals surface area contributed by atoms with Crippen LogP contribution in [0.2, 0.25) is 0 Å². The summed E-state index contributed by atoms with van der Waals surface area (Å²) >= 11 is 0. The van der Waals surface area contributed by atoms with Crippen molar-refractivity contribution < 1.29 is 4.92 Å². The van der Waals surface area contributed by atoms with E-state index in [1.165, 1.54) is 5.69 Å². The maximum Gasteiger partial charge on any atom is 0.269 e. The number of nitro benzene ring substituents is 1. The minimum atomic E-state index is -0.364. The van der Waals surface area contributed by atoms with Crippen LogP contribution in [-0.4, -0.2) is 30.0 Å². The van der Waals surface area contributed by atoms with Gasteiger partial charge in [-0.25, -0.2) is 0 Å². The molecule has 1 atom stereocenters. The standard InChI is InChI=1S/C16H17N3O2/c1-17-11-12-18(14-5-3-2-4-6-14)16(17)13-7-9-15(10-8-13)19(20)21/h2-10,16H,11-12H2,1H3. The van der Waals surface area contributed by atoms with Gasteiger partial charge in [-0.05, 0) is 36.9 Å². The van der Waals surface area contributed by atoms with Crippen LogP contribution in [0.15, 0.2) is 54.6 Å². The molecule has 0 amide bonds. The van der Waals surface area contributed by atoms with Crippen molar-refractivity contribution in [2.24, 2.45) is 0 Å². The molecule has 2 aromatic rings. The number of rotatable bonds is 3. The van der Waals surface area contributed by atoms with Crippen molar-refractivity contribution in [3.05, 3.63) is 70.3 Å². The van der Waals surface area contributed by atoms with Crippen LogP contribution in [0.3, 0.4) is 0 Å². The molecule has 5 nitrogen and oxygen atoms in total. The van der Waals surface area contributed by atoms with Gasteiger partial charge in [-0.15, -0.1) is 0 Å². The normalized spacial score (nSPS) is 18.9. The van der Waals surface area contributed by atoms with Crippen molar-refractivity contribution >= 4 is 11.4 Å². The average Bonchev–Trinajstić information content (AvgIpc) is 2.90. The highest BCUT2D eigenvalue weighted by molar-refractivity contribution is 5.50. The van der Waals surface area contributed by atoms with Crippen LogP contribution in [0.4, 0.5) is 11.4 Å². The van der Waals surface area contributed by atoms with Gasteiger partial charge in [0.25, 0.3) is 5.69 Å². The average molecular weight is 283 g/mol.